The quantitative estimate of drug-likeness (QED) is 0.743. The monoisotopic (exact) mass is 306 g/mol. The van der Waals surface area contributed by atoms with Gasteiger partial charge >= 0.3 is 0 Å². The molecule has 2 aromatic carbocycles. The Labute approximate surface area is 136 Å². The molecule has 3 aromatic rings. The van der Waals surface area contributed by atoms with Crippen molar-refractivity contribution >= 4 is 16.6 Å². The Bertz CT molecular complexity index is 800. The molecule has 0 saturated carbocycles. The van der Waals surface area contributed by atoms with Crippen LogP contribution in [0.15, 0.2) is 54.7 Å². The summed E-state index contributed by atoms with van der Waals surface area (Å²) < 4.78 is 2.11. The standard InChI is InChI=1S/C19H22N4/c1-16-5-4-7-18(13-16)22-11-9-21(10-12-22)15-23-19-8-3-2-6-17(19)14-20-23/h2-8,13-14H,9-12,15H2,1H3. The Hall–Kier alpha value is -2.33. The summed E-state index contributed by atoms with van der Waals surface area (Å²) in [5.41, 5.74) is 3.88. The summed E-state index contributed by atoms with van der Waals surface area (Å²) in [6, 6.07) is 17.2. The molecule has 118 valence electrons. The van der Waals surface area contributed by atoms with Crippen LogP contribution in [0.2, 0.25) is 0 Å². The minimum atomic E-state index is 0.870. The smallest absolute Gasteiger partial charge is 0.0937 e. The van der Waals surface area contributed by atoms with Crippen LogP contribution in [-0.2, 0) is 6.67 Å². The van der Waals surface area contributed by atoms with E-state index in [1.807, 2.05) is 6.20 Å². The fraction of sp³-hybridized carbons (Fsp3) is 0.316. The Morgan fingerprint density at radius 1 is 0.957 bits per heavy atom. The number of fused-ring (bicyclic) bond motifs is 1. The highest BCUT2D eigenvalue weighted by Gasteiger charge is 2.18. The lowest BCUT2D eigenvalue weighted by atomic mass is 10.2. The lowest BCUT2D eigenvalue weighted by Gasteiger charge is -2.36. The highest BCUT2D eigenvalue weighted by atomic mass is 15.4. The first-order valence-electron chi connectivity index (χ1n) is 8.24. The van der Waals surface area contributed by atoms with Gasteiger partial charge < -0.3 is 4.90 Å². The second-order valence-corrected chi connectivity index (χ2v) is 6.29. The van der Waals surface area contributed by atoms with Gasteiger partial charge in [-0.1, -0.05) is 30.3 Å². The molecule has 0 unspecified atom stereocenters. The maximum Gasteiger partial charge on any atom is 0.0937 e. The maximum atomic E-state index is 4.54. The van der Waals surface area contributed by atoms with Gasteiger partial charge in [0.2, 0.25) is 0 Å². The molecule has 4 heteroatoms. The summed E-state index contributed by atoms with van der Waals surface area (Å²) >= 11 is 0. The van der Waals surface area contributed by atoms with Gasteiger partial charge in [-0.15, -0.1) is 0 Å². The predicted molar refractivity (Wildman–Crippen MR) is 94.7 cm³/mol. The van der Waals surface area contributed by atoms with Crippen molar-refractivity contribution in [3.05, 3.63) is 60.3 Å². The normalized spacial score (nSPS) is 16.1. The van der Waals surface area contributed by atoms with E-state index in [0.717, 1.165) is 32.8 Å². The van der Waals surface area contributed by atoms with Crippen LogP contribution in [0.25, 0.3) is 10.9 Å². The molecule has 0 aliphatic carbocycles. The van der Waals surface area contributed by atoms with E-state index in [1.165, 1.54) is 22.2 Å². The summed E-state index contributed by atoms with van der Waals surface area (Å²) in [5, 5.41) is 5.75. The van der Waals surface area contributed by atoms with E-state index in [2.05, 4.69) is 75.0 Å². The van der Waals surface area contributed by atoms with Gasteiger partial charge in [-0.3, -0.25) is 9.58 Å². The summed E-state index contributed by atoms with van der Waals surface area (Å²) in [5.74, 6) is 0. The van der Waals surface area contributed by atoms with Gasteiger partial charge in [0.25, 0.3) is 0 Å². The summed E-state index contributed by atoms with van der Waals surface area (Å²) in [6.45, 7) is 7.31. The number of hydrogen-bond donors (Lipinski definition) is 0. The zero-order valence-corrected chi connectivity index (χ0v) is 13.5. The van der Waals surface area contributed by atoms with Crippen LogP contribution in [0.1, 0.15) is 5.56 Å². The van der Waals surface area contributed by atoms with Crippen molar-refractivity contribution in [2.45, 2.75) is 13.6 Å². The Balaban J connectivity index is 1.42. The molecule has 0 radical (unpaired) electrons. The van der Waals surface area contributed by atoms with Crippen LogP contribution in [0, 0.1) is 6.92 Å². The van der Waals surface area contributed by atoms with Gasteiger partial charge in [-0.2, -0.15) is 5.10 Å². The summed E-state index contributed by atoms with van der Waals surface area (Å²) in [6.07, 6.45) is 1.96. The zero-order chi connectivity index (χ0) is 15.6. The van der Waals surface area contributed by atoms with Crippen LogP contribution in [0.5, 0.6) is 0 Å². The molecule has 0 spiro atoms. The van der Waals surface area contributed by atoms with Crippen LogP contribution in [0.4, 0.5) is 5.69 Å². The first-order valence-corrected chi connectivity index (χ1v) is 8.24. The SMILES string of the molecule is Cc1cccc(N2CCN(Cn3ncc4ccccc43)CC2)c1. The van der Waals surface area contributed by atoms with Crippen molar-refractivity contribution in [3.63, 3.8) is 0 Å². The molecule has 2 heterocycles. The van der Waals surface area contributed by atoms with Crippen molar-refractivity contribution < 1.29 is 0 Å². The second-order valence-electron chi connectivity index (χ2n) is 6.29. The molecule has 23 heavy (non-hydrogen) atoms. The fourth-order valence-electron chi connectivity index (χ4n) is 3.30. The van der Waals surface area contributed by atoms with Crippen molar-refractivity contribution in [3.8, 4) is 0 Å². The molecule has 0 atom stereocenters. The highest BCUT2D eigenvalue weighted by molar-refractivity contribution is 5.78. The highest BCUT2D eigenvalue weighted by Crippen LogP contribution is 2.19. The average Bonchev–Trinajstić information content (AvgIpc) is 2.99. The number of anilines is 1. The molecule has 0 N–H and O–H groups in total. The predicted octanol–water partition coefficient (Wildman–Crippen LogP) is 3.12. The maximum absolute atomic E-state index is 4.54. The van der Waals surface area contributed by atoms with Gasteiger partial charge in [0, 0.05) is 37.3 Å². The molecule has 1 fully saturated rings. The Morgan fingerprint density at radius 2 is 1.78 bits per heavy atom. The molecular weight excluding hydrogens is 284 g/mol. The van der Waals surface area contributed by atoms with Crippen LogP contribution in [-0.4, -0.2) is 40.9 Å². The van der Waals surface area contributed by atoms with Crippen molar-refractivity contribution in [2.24, 2.45) is 0 Å². The van der Waals surface area contributed by atoms with Crippen molar-refractivity contribution in [1.29, 1.82) is 0 Å². The first kappa shape index (κ1) is 14.3. The van der Waals surface area contributed by atoms with Crippen LogP contribution >= 0.6 is 0 Å². The first-order chi connectivity index (χ1) is 11.3. The average molecular weight is 306 g/mol. The van der Waals surface area contributed by atoms with Gasteiger partial charge in [0.15, 0.2) is 0 Å². The second kappa shape index (κ2) is 6.05. The molecule has 1 aliphatic heterocycles. The number of aromatic nitrogens is 2. The van der Waals surface area contributed by atoms with Crippen LogP contribution < -0.4 is 4.90 Å². The number of aryl methyl sites for hydroxylation is 1. The molecule has 4 nitrogen and oxygen atoms in total. The van der Waals surface area contributed by atoms with E-state index in [9.17, 15) is 0 Å². The van der Waals surface area contributed by atoms with E-state index in [0.29, 0.717) is 0 Å². The van der Waals surface area contributed by atoms with Gasteiger partial charge in [0.1, 0.15) is 0 Å². The topological polar surface area (TPSA) is 24.3 Å². The van der Waals surface area contributed by atoms with Gasteiger partial charge in [0.05, 0.1) is 18.4 Å². The Kier molecular flexibility index (Phi) is 3.75. The third kappa shape index (κ3) is 2.94. The lowest BCUT2D eigenvalue weighted by Crippen LogP contribution is -2.46. The van der Waals surface area contributed by atoms with E-state index in [4.69, 9.17) is 0 Å². The summed E-state index contributed by atoms with van der Waals surface area (Å²) in [7, 11) is 0. The van der Waals surface area contributed by atoms with E-state index in [-0.39, 0.29) is 0 Å². The third-order valence-electron chi connectivity index (χ3n) is 4.62. The molecule has 1 saturated heterocycles. The molecule has 0 amide bonds. The molecule has 0 bridgehead atoms. The molecular formula is C19H22N4. The van der Waals surface area contributed by atoms with Gasteiger partial charge in [-0.05, 0) is 30.7 Å². The fourth-order valence-corrected chi connectivity index (χ4v) is 3.30. The lowest BCUT2D eigenvalue weighted by molar-refractivity contribution is 0.199. The van der Waals surface area contributed by atoms with Crippen molar-refractivity contribution in [1.82, 2.24) is 14.7 Å². The largest absolute Gasteiger partial charge is 0.369 e. The van der Waals surface area contributed by atoms with E-state index in [1.54, 1.807) is 0 Å². The molecule has 4 rings (SSSR count). The number of nitrogens with zero attached hydrogens (tertiary/aromatic N) is 4. The van der Waals surface area contributed by atoms with Crippen LogP contribution in [0.3, 0.4) is 0 Å². The third-order valence-corrected chi connectivity index (χ3v) is 4.62. The van der Waals surface area contributed by atoms with Crippen molar-refractivity contribution in [2.75, 3.05) is 31.1 Å². The Morgan fingerprint density at radius 3 is 2.61 bits per heavy atom. The number of rotatable bonds is 3. The summed E-state index contributed by atoms with van der Waals surface area (Å²) in [4.78, 5) is 4.95. The van der Waals surface area contributed by atoms with E-state index >= 15 is 0 Å². The molecule has 1 aliphatic rings. The zero-order valence-electron chi connectivity index (χ0n) is 13.5. The minimum Gasteiger partial charge on any atom is -0.369 e. The number of piperazine rings is 1. The van der Waals surface area contributed by atoms with Gasteiger partial charge in [-0.25, -0.2) is 0 Å². The molecule has 1 aromatic heterocycles. The van der Waals surface area contributed by atoms with E-state index < -0.39 is 0 Å². The number of benzene rings is 2. The number of para-hydroxylation sites is 1. The minimum absolute atomic E-state index is 0.870. The number of hydrogen-bond acceptors (Lipinski definition) is 3.